The van der Waals surface area contributed by atoms with Crippen molar-refractivity contribution in [3.8, 4) is 16.9 Å². The minimum absolute atomic E-state index is 0.112. The number of rotatable bonds is 8. The van der Waals surface area contributed by atoms with E-state index in [0.29, 0.717) is 32.0 Å². The average Bonchev–Trinajstić information content (AvgIpc) is 3.05. The third-order valence-corrected chi connectivity index (χ3v) is 7.45. The highest BCUT2D eigenvalue weighted by Crippen LogP contribution is 2.60. The molecule has 1 N–H and O–H groups in total. The molecule has 0 fully saturated rings. The van der Waals surface area contributed by atoms with E-state index in [1.807, 2.05) is 12.1 Å². The fourth-order valence-corrected chi connectivity index (χ4v) is 5.46. The van der Waals surface area contributed by atoms with Crippen LogP contribution in [0.5, 0.6) is 0 Å². The topological polar surface area (TPSA) is 73.6 Å². The molecule has 166 valence electrons. The van der Waals surface area contributed by atoms with Gasteiger partial charge < -0.3 is 14.2 Å². The zero-order chi connectivity index (χ0) is 22.8. The minimum atomic E-state index is -3.87. The molecule has 31 heavy (non-hydrogen) atoms. The SMILES string of the molecule is CCOP(=O)(OCC)C(O)c1nn(-c2ccc(Cl)cc2Cl)c(-c2ccc(Cl)cc2)c1C. The first-order valence-corrected chi connectivity index (χ1v) is 12.3. The maximum atomic E-state index is 13.2. The highest BCUT2D eigenvalue weighted by molar-refractivity contribution is 7.54. The Bertz CT molecular complexity index is 1110. The normalized spacial score (nSPS) is 12.9. The van der Waals surface area contributed by atoms with Crippen molar-refractivity contribution in [2.75, 3.05) is 13.2 Å². The Kier molecular flexibility index (Phi) is 7.87. The highest BCUT2D eigenvalue weighted by atomic mass is 35.5. The van der Waals surface area contributed by atoms with E-state index < -0.39 is 13.4 Å². The molecule has 10 heteroatoms. The summed E-state index contributed by atoms with van der Waals surface area (Å²) >= 11 is 18.6. The molecule has 0 saturated heterocycles. The number of aliphatic hydroxyl groups is 1. The third kappa shape index (κ3) is 5.01. The van der Waals surface area contributed by atoms with E-state index in [-0.39, 0.29) is 18.9 Å². The average molecular weight is 504 g/mol. The van der Waals surface area contributed by atoms with Gasteiger partial charge in [-0.25, -0.2) is 4.68 Å². The van der Waals surface area contributed by atoms with Gasteiger partial charge in [-0.15, -0.1) is 0 Å². The highest BCUT2D eigenvalue weighted by Gasteiger charge is 2.39. The van der Waals surface area contributed by atoms with Gasteiger partial charge in [0, 0.05) is 21.2 Å². The Morgan fingerprint density at radius 3 is 2.16 bits per heavy atom. The molecule has 1 atom stereocenters. The Morgan fingerprint density at radius 1 is 1.03 bits per heavy atom. The van der Waals surface area contributed by atoms with E-state index in [4.69, 9.17) is 43.9 Å². The van der Waals surface area contributed by atoms with Gasteiger partial charge in [0.15, 0.2) is 5.85 Å². The number of hydrogen-bond acceptors (Lipinski definition) is 5. The van der Waals surface area contributed by atoms with Crippen molar-refractivity contribution in [3.63, 3.8) is 0 Å². The summed E-state index contributed by atoms with van der Waals surface area (Å²) in [5, 5.41) is 17.0. The van der Waals surface area contributed by atoms with E-state index in [0.717, 1.165) is 5.56 Å². The van der Waals surface area contributed by atoms with Crippen LogP contribution in [0, 0.1) is 6.92 Å². The molecule has 0 bridgehead atoms. The smallest absolute Gasteiger partial charge is 0.365 e. The van der Waals surface area contributed by atoms with Crippen LogP contribution in [-0.2, 0) is 13.6 Å². The number of aliphatic hydroxyl groups excluding tert-OH is 1. The molecular weight excluding hydrogens is 482 g/mol. The standard InChI is InChI=1S/C21H22Cl3N2O4P/c1-4-29-31(28,30-5-2)21(27)19-13(3)20(14-6-8-15(22)9-7-14)26(25-19)18-11-10-16(23)12-17(18)24/h6-12,21,27H,4-5H2,1-3H3. The lowest BCUT2D eigenvalue weighted by Gasteiger charge is -2.21. The first kappa shape index (κ1) is 24.3. The summed E-state index contributed by atoms with van der Waals surface area (Å²) < 4.78 is 25.5. The lowest BCUT2D eigenvalue weighted by Crippen LogP contribution is -2.08. The van der Waals surface area contributed by atoms with E-state index in [9.17, 15) is 9.67 Å². The molecule has 3 aromatic rings. The van der Waals surface area contributed by atoms with Gasteiger partial charge in [0.2, 0.25) is 0 Å². The summed E-state index contributed by atoms with van der Waals surface area (Å²) in [4.78, 5) is 0. The second-order valence-corrected chi connectivity index (χ2v) is 9.99. The first-order chi connectivity index (χ1) is 14.7. The van der Waals surface area contributed by atoms with Crippen LogP contribution in [0.25, 0.3) is 16.9 Å². The second-order valence-electron chi connectivity index (χ2n) is 6.62. The fraction of sp³-hybridized carbons (Fsp3) is 0.286. The molecule has 3 rings (SSSR count). The Balaban J connectivity index is 2.25. The second kappa shape index (κ2) is 10.1. The maximum absolute atomic E-state index is 13.2. The monoisotopic (exact) mass is 502 g/mol. The molecule has 1 unspecified atom stereocenters. The number of aromatic nitrogens is 2. The summed E-state index contributed by atoms with van der Waals surface area (Å²) in [5.41, 5.74) is 2.73. The molecule has 0 saturated carbocycles. The quantitative estimate of drug-likeness (QED) is 0.333. The van der Waals surface area contributed by atoms with Gasteiger partial charge in [-0.2, -0.15) is 5.10 Å². The van der Waals surface area contributed by atoms with Gasteiger partial charge >= 0.3 is 7.60 Å². The zero-order valence-corrected chi connectivity index (χ0v) is 20.3. The van der Waals surface area contributed by atoms with Gasteiger partial charge in [-0.1, -0.05) is 46.9 Å². The van der Waals surface area contributed by atoms with Gasteiger partial charge in [-0.3, -0.25) is 4.57 Å². The van der Waals surface area contributed by atoms with Crippen molar-refractivity contribution in [2.45, 2.75) is 26.6 Å². The molecule has 0 radical (unpaired) electrons. The Morgan fingerprint density at radius 2 is 1.61 bits per heavy atom. The molecule has 0 spiro atoms. The molecule has 1 heterocycles. The number of benzene rings is 2. The van der Waals surface area contributed by atoms with Gasteiger partial charge in [0.25, 0.3) is 0 Å². The van der Waals surface area contributed by atoms with Crippen LogP contribution in [0.1, 0.15) is 30.9 Å². The van der Waals surface area contributed by atoms with Crippen molar-refractivity contribution < 1.29 is 18.7 Å². The van der Waals surface area contributed by atoms with E-state index in [2.05, 4.69) is 5.10 Å². The summed E-state index contributed by atoms with van der Waals surface area (Å²) in [5.74, 6) is -1.58. The number of hydrogen-bond donors (Lipinski definition) is 1. The van der Waals surface area contributed by atoms with Crippen LogP contribution < -0.4 is 0 Å². The van der Waals surface area contributed by atoms with Crippen molar-refractivity contribution >= 4 is 42.4 Å². The summed E-state index contributed by atoms with van der Waals surface area (Å²) in [6, 6.07) is 12.2. The van der Waals surface area contributed by atoms with Crippen LogP contribution >= 0.6 is 42.4 Å². The molecule has 2 aromatic carbocycles. The molecule has 0 aliphatic rings. The van der Waals surface area contributed by atoms with Crippen LogP contribution in [0.2, 0.25) is 15.1 Å². The zero-order valence-electron chi connectivity index (χ0n) is 17.2. The summed E-state index contributed by atoms with van der Waals surface area (Å²) in [7, 11) is -3.87. The Labute approximate surface area is 196 Å². The predicted octanol–water partition coefficient (Wildman–Crippen LogP) is 7.06. The summed E-state index contributed by atoms with van der Waals surface area (Å²) in [6.45, 7) is 5.35. The van der Waals surface area contributed by atoms with Crippen molar-refractivity contribution in [2.24, 2.45) is 0 Å². The Hall–Kier alpha value is -1.37. The maximum Gasteiger partial charge on any atom is 0.365 e. The van der Waals surface area contributed by atoms with E-state index in [1.54, 1.807) is 55.8 Å². The minimum Gasteiger partial charge on any atom is -0.375 e. The van der Waals surface area contributed by atoms with E-state index >= 15 is 0 Å². The summed E-state index contributed by atoms with van der Waals surface area (Å²) in [6.07, 6.45) is 0. The molecule has 1 aromatic heterocycles. The third-order valence-electron chi connectivity index (χ3n) is 4.58. The first-order valence-electron chi connectivity index (χ1n) is 9.59. The molecule has 0 aliphatic carbocycles. The van der Waals surface area contributed by atoms with Crippen LogP contribution in [0.15, 0.2) is 42.5 Å². The van der Waals surface area contributed by atoms with Crippen LogP contribution in [-0.4, -0.2) is 28.1 Å². The van der Waals surface area contributed by atoms with Crippen molar-refractivity contribution in [1.29, 1.82) is 0 Å². The van der Waals surface area contributed by atoms with Crippen LogP contribution in [0.3, 0.4) is 0 Å². The van der Waals surface area contributed by atoms with Gasteiger partial charge in [-0.05, 0) is 51.1 Å². The van der Waals surface area contributed by atoms with Gasteiger partial charge in [0.1, 0.15) is 5.69 Å². The number of nitrogens with zero attached hydrogens (tertiary/aromatic N) is 2. The van der Waals surface area contributed by atoms with Crippen molar-refractivity contribution in [1.82, 2.24) is 9.78 Å². The largest absolute Gasteiger partial charge is 0.375 e. The van der Waals surface area contributed by atoms with Crippen LogP contribution in [0.4, 0.5) is 0 Å². The lowest BCUT2D eigenvalue weighted by atomic mass is 10.1. The fourth-order valence-electron chi connectivity index (χ4n) is 3.22. The molecule has 0 aliphatic heterocycles. The molecular formula is C21H22Cl3N2O4P. The number of halogens is 3. The molecule has 0 amide bonds. The van der Waals surface area contributed by atoms with Crippen molar-refractivity contribution in [3.05, 3.63) is 68.8 Å². The lowest BCUT2D eigenvalue weighted by molar-refractivity contribution is 0.147. The molecule has 6 nitrogen and oxygen atoms in total. The van der Waals surface area contributed by atoms with Gasteiger partial charge in [0.05, 0.1) is 29.6 Å². The predicted molar refractivity (Wildman–Crippen MR) is 125 cm³/mol. The van der Waals surface area contributed by atoms with E-state index in [1.165, 1.54) is 0 Å².